The van der Waals surface area contributed by atoms with Gasteiger partial charge >= 0.3 is 23.5 Å². The number of hydrogen-bond donors (Lipinski definition) is 11. The lowest BCUT2D eigenvalue weighted by atomic mass is 9.87. The second kappa shape index (κ2) is 27.7. The van der Waals surface area contributed by atoms with Gasteiger partial charge in [0.05, 0.1) is 44.3 Å². The van der Waals surface area contributed by atoms with Crippen molar-refractivity contribution in [2.24, 2.45) is 5.41 Å². The number of anilines is 1. The number of unbranched alkanes of at least 4 members (excludes halogenated alkanes) is 4. The number of aliphatic hydroxyl groups is 4. The van der Waals surface area contributed by atoms with Crippen molar-refractivity contribution in [2.75, 3.05) is 37.8 Å². The number of aliphatic hydroxyl groups excluding tert-OH is 4. The number of nitrogens with zero attached hydrogens (tertiary/aromatic N) is 4. The van der Waals surface area contributed by atoms with Gasteiger partial charge in [-0.3, -0.25) is 37.3 Å². The summed E-state index contributed by atoms with van der Waals surface area (Å²) in [6, 6.07) is 0. The highest BCUT2D eigenvalue weighted by molar-refractivity contribution is 8.13. The van der Waals surface area contributed by atoms with Crippen molar-refractivity contribution in [1.82, 2.24) is 30.2 Å². The number of Topliss-reactive ketones (excluding diaryl/α,β-unsaturated/α-hetero) is 1. The Balaban J connectivity index is 1.07. The SMILES string of the molecule is C[C@H](CCCCCCCC(=O)CC(=O)SCCNC(=O)CCNC(=O)[C@H](O)C(C)(C)COP(=O)(O)OP(=O)(O)OC[C@H]1O[C@@H](n2cnc3c(N)ncnc32)[C@H](O)[C@@H]1OP(=O)(O)O)O[C@@H]1O[C@@H](C)[C@H](O)C[C@H]1O. The minimum atomic E-state index is -5.61. The number of amides is 2. The normalized spacial score (nSPS) is 25.3. The Labute approximate surface area is 418 Å². The number of rotatable bonds is 31. The zero-order valence-electron chi connectivity index (χ0n) is 39.9. The van der Waals surface area contributed by atoms with Gasteiger partial charge in [0.25, 0.3) is 0 Å². The van der Waals surface area contributed by atoms with E-state index in [1.165, 1.54) is 13.8 Å². The number of thioether (sulfide) groups is 1. The van der Waals surface area contributed by atoms with Crippen LogP contribution in [0.4, 0.5) is 5.82 Å². The molecule has 0 bridgehead atoms. The molecule has 2 unspecified atom stereocenters. The summed E-state index contributed by atoms with van der Waals surface area (Å²) in [4.78, 5) is 101. The van der Waals surface area contributed by atoms with Gasteiger partial charge < -0.3 is 70.6 Å². The maximum atomic E-state index is 12.8. The average Bonchev–Trinajstić information content (AvgIpc) is 3.84. The number of carbonyl (C=O) groups is 4. The molecule has 2 aromatic rings. The molecule has 2 amide bonds. The predicted octanol–water partition coefficient (Wildman–Crippen LogP) is 0.616. The van der Waals surface area contributed by atoms with Gasteiger partial charge in [-0.15, -0.1) is 0 Å². The van der Waals surface area contributed by atoms with Crippen molar-refractivity contribution < 1.29 is 105 Å². The van der Waals surface area contributed by atoms with Crippen LogP contribution in [0.3, 0.4) is 0 Å². The zero-order valence-corrected chi connectivity index (χ0v) is 43.4. The molecule has 4 rings (SSSR count). The van der Waals surface area contributed by atoms with Gasteiger partial charge in [0.15, 0.2) is 29.1 Å². The number of hydrogen-bond acceptors (Lipinski definition) is 23. The van der Waals surface area contributed by atoms with Crippen LogP contribution < -0.4 is 16.4 Å². The van der Waals surface area contributed by atoms with E-state index in [0.29, 0.717) is 6.42 Å². The topological polar surface area (TPSA) is 440 Å². The Kier molecular flexibility index (Phi) is 23.7. The van der Waals surface area contributed by atoms with E-state index in [1.807, 2.05) is 6.92 Å². The molecule has 2 aliphatic rings. The van der Waals surface area contributed by atoms with Gasteiger partial charge in [-0.1, -0.05) is 51.3 Å². The van der Waals surface area contributed by atoms with Crippen LogP contribution in [-0.2, 0) is 65.0 Å². The van der Waals surface area contributed by atoms with E-state index in [9.17, 15) is 72.9 Å². The molecule has 2 aliphatic heterocycles. The number of carbonyl (C=O) groups excluding carboxylic acids is 4. The lowest BCUT2D eigenvalue weighted by molar-refractivity contribution is -0.273. The van der Waals surface area contributed by atoms with E-state index in [-0.39, 0.29) is 78.5 Å². The molecule has 0 spiro atoms. The molecule has 12 atom stereocenters. The maximum Gasteiger partial charge on any atom is 0.481 e. The van der Waals surface area contributed by atoms with Crippen LogP contribution in [0, 0.1) is 5.41 Å². The number of aromatic nitrogens is 4. The van der Waals surface area contributed by atoms with Gasteiger partial charge in [0, 0.05) is 43.5 Å². The van der Waals surface area contributed by atoms with Crippen LogP contribution >= 0.6 is 35.2 Å². The smallest absolute Gasteiger partial charge is 0.390 e. The number of ether oxygens (including phenoxy) is 3. The Morgan fingerprint density at radius 1 is 0.931 bits per heavy atom. The Bertz CT molecular complexity index is 2280. The summed E-state index contributed by atoms with van der Waals surface area (Å²) < 4.78 is 73.7. The van der Waals surface area contributed by atoms with Crippen LogP contribution in [0.2, 0.25) is 0 Å². The number of fused-ring (bicyclic) bond motifs is 1. The van der Waals surface area contributed by atoms with Gasteiger partial charge in [-0.2, -0.15) is 4.31 Å². The number of phosphoric acid groups is 3. The van der Waals surface area contributed by atoms with Gasteiger partial charge in [-0.05, 0) is 26.7 Å². The summed E-state index contributed by atoms with van der Waals surface area (Å²) in [6.45, 7) is 3.85. The minimum absolute atomic E-state index is 0.0181. The number of imidazole rings is 1. The van der Waals surface area contributed by atoms with Gasteiger partial charge in [-0.25, -0.2) is 28.6 Å². The quantitative estimate of drug-likeness (QED) is 0.0280. The van der Waals surface area contributed by atoms with E-state index >= 15 is 0 Å². The first-order chi connectivity index (χ1) is 33.6. The van der Waals surface area contributed by atoms with Crippen LogP contribution in [0.5, 0.6) is 0 Å². The fraction of sp³-hybridized carbons (Fsp3) is 0.769. The van der Waals surface area contributed by atoms with E-state index in [4.69, 9.17) is 29.0 Å². The third-order valence-corrected chi connectivity index (χ3v) is 15.2. The van der Waals surface area contributed by atoms with E-state index in [1.54, 1.807) is 6.92 Å². The van der Waals surface area contributed by atoms with Crippen molar-refractivity contribution in [1.29, 1.82) is 0 Å². The Morgan fingerprint density at radius 2 is 1.61 bits per heavy atom. The van der Waals surface area contributed by atoms with Crippen LogP contribution in [0.1, 0.15) is 98.1 Å². The van der Waals surface area contributed by atoms with Crippen molar-refractivity contribution in [3.8, 4) is 0 Å². The first-order valence-electron chi connectivity index (χ1n) is 22.8. The minimum Gasteiger partial charge on any atom is -0.390 e. The lowest BCUT2D eigenvalue weighted by Crippen LogP contribution is -2.48. The molecule has 12 N–H and O–H groups in total. The first-order valence-corrected chi connectivity index (χ1v) is 28.3. The van der Waals surface area contributed by atoms with Crippen LogP contribution in [0.25, 0.3) is 11.2 Å². The number of ketones is 1. The second-order valence-electron chi connectivity index (χ2n) is 17.8. The Morgan fingerprint density at radius 3 is 2.32 bits per heavy atom. The summed E-state index contributed by atoms with van der Waals surface area (Å²) in [5.74, 6) is -1.57. The van der Waals surface area contributed by atoms with E-state index < -0.39 is 109 Å². The highest BCUT2D eigenvalue weighted by Gasteiger charge is 2.50. The molecule has 29 nitrogen and oxygen atoms in total. The zero-order chi connectivity index (χ0) is 53.6. The largest absolute Gasteiger partial charge is 0.481 e. The predicted molar refractivity (Wildman–Crippen MR) is 251 cm³/mol. The molecule has 2 aromatic heterocycles. The molecule has 72 heavy (non-hydrogen) atoms. The molecule has 33 heteroatoms. The molecule has 410 valence electrons. The molecular weight excluding hydrogens is 1040 g/mol. The number of phosphoric ester groups is 3. The Hall–Kier alpha value is -2.93. The summed E-state index contributed by atoms with van der Waals surface area (Å²) in [7, 11) is -16.5. The second-order valence-corrected chi connectivity index (χ2v) is 23.2. The molecule has 0 aliphatic carbocycles. The molecule has 4 heterocycles. The lowest BCUT2D eigenvalue weighted by Gasteiger charge is -2.36. The van der Waals surface area contributed by atoms with Gasteiger partial charge in [0.2, 0.25) is 11.8 Å². The monoisotopic (exact) mass is 1110 g/mol. The number of nitrogen functional groups attached to an aromatic ring is 1. The van der Waals surface area contributed by atoms with Crippen molar-refractivity contribution in [3.05, 3.63) is 12.7 Å². The fourth-order valence-corrected chi connectivity index (χ4v) is 10.8. The summed E-state index contributed by atoms with van der Waals surface area (Å²) in [5, 5.41) is 46.0. The highest BCUT2D eigenvalue weighted by atomic mass is 32.2. The summed E-state index contributed by atoms with van der Waals surface area (Å²) in [5.41, 5.74) is 4.21. The van der Waals surface area contributed by atoms with Crippen molar-refractivity contribution >= 4 is 74.9 Å². The third-order valence-electron chi connectivity index (χ3n) is 11.2. The van der Waals surface area contributed by atoms with Gasteiger partial charge in [0.1, 0.15) is 48.1 Å². The molecular formula is C39H66N7O22P3S. The molecule has 0 radical (unpaired) electrons. The number of nitrogens with two attached hydrogens (primary N) is 1. The molecule has 2 fully saturated rings. The molecule has 0 saturated carbocycles. The van der Waals surface area contributed by atoms with E-state index in [2.05, 4.69) is 34.4 Å². The molecule has 2 saturated heterocycles. The van der Waals surface area contributed by atoms with Crippen molar-refractivity contribution in [2.45, 2.75) is 153 Å². The van der Waals surface area contributed by atoms with Crippen LogP contribution in [-0.4, -0.2) is 169 Å². The molecule has 0 aromatic carbocycles. The van der Waals surface area contributed by atoms with Crippen molar-refractivity contribution in [3.63, 3.8) is 0 Å². The first kappa shape index (κ1) is 61.6. The summed E-state index contributed by atoms with van der Waals surface area (Å²) in [6.07, 6.45) is -4.90. The summed E-state index contributed by atoms with van der Waals surface area (Å²) >= 11 is 0.894. The van der Waals surface area contributed by atoms with Crippen LogP contribution in [0.15, 0.2) is 12.7 Å². The highest BCUT2D eigenvalue weighted by Crippen LogP contribution is 2.61. The fourth-order valence-electron chi connectivity index (χ4n) is 7.24. The average molecular weight is 1110 g/mol. The third kappa shape index (κ3) is 20.0. The maximum absolute atomic E-state index is 12.8. The standard InChI is InChI=1S/C39H66N7O22P3S/c1-22(64-38-26(49)17-25(48)23(2)65-38)10-8-6-5-7-9-11-24(47)16-29(51)72-15-14-41-28(50)12-13-42-36(54)33(53)39(3,4)19-63-71(60,61)68-70(58,59)62-18-27-32(67-69(55,56)57)31(52)37(66-27)46-21-45-30-34(40)43-20-44-35(30)46/h20-23,25-27,31-33,37-38,48-49,52-53H,5-19H2,1-4H3,(H,41,50)(H,42,54)(H,58,59)(H,60,61)(H2,40,43,44)(H2,55,56,57)/t22-,23+,25-,26-,27-,31-,32-,33+,37-,38-/m1/s1. The number of nitrogens with one attached hydrogen (secondary N) is 2. The van der Waals surface area contributed by atoms with E-state index in [0.717, 1.165) is 61.1 Å².